The average molecular weight is 251 g/mol. The van der Waals surface area contributed by atoms with E-state index in [1.165, 1.54) is 25.7 Å². The molecule has 0 radical (unpaired) electrons. The normalized spacial score (nSPS) is 28.8. The number of rotatable bonds is 5. The number of carbonyl (C=O) groups is 2. The second kappa shape index (κ2) is 4.56. The van der Waals surface area contributed by atoms with Crippen LogP contribution in [0.5, 0.6) is 0 Å². The fourth-order valence-electron chi connectivity index (χ4n) is 3.28. The summed E-state index contributed by atoms with van der Waals surface area (Å²) in [5.74, 6) is 1.36. The Kier molecular flexibility index (Phi) is 3.04. The molecule has 0 bridgehead atoms. The number of carboxylic acid groups (broad SMARTS) is 1. The van der Waals surface area contributed by atoms with Gasteiger partial charge in [0.2, 0.25) is 5.91 Å². The lowest BCUT2D eigenvalue weighted by Crippen LogP contribution is -2.45. The van der Waals surface area contributed by atoms with Crippen molar-refractivity contribution in [3.05, 3.63) is 0 Å². The molecule has 4 nitrogen and oxygen atoms in total. The fourth-order valence-corrected chi connectivity index (χ4v) is 3.28. The van der Waals surface area contributed by atoms with Crippen molar-refractivity contribution in [3.8, 4) is 0 Å². The molecule has 1 saturated heterocycles. The zero-order chi connectivity index (χ0) is 12.7. The van der Waals surface area contributed by atoms with Crippen molar-refractivity contribution in [2.75, 3.05) is 13.1 Å². The highest BCUT2D eigenvalue weighted by molar-refractivity contribution is 5.80. The fraction of sp³-hybridized carbons (Fsp3) is 0.857. The number of hydrogen-bond donors (Lipinski definition) is 1. The van der Waals surface area contributed by atoms with Crippen molar-refractivity contribution < 1.29 is 14.7 Å². The maximum Gasteiger partial charge on any atom is 0.308 e. The molecule has 2 aliphatic carbocycles. The summed E-state index contributed by atoms with van der Waals surface area (Å²) in [6.07, 6.45) is 6.18. The predicted octanol–water partition coefficient (Wildman–Crippen LogP) is 1.75. The van der Waals surface area contributed by atoms with E-state index >= 15 is 0 Å². The van der Waals surface area contributed by atoms with Crippen molar-refractivity contribution in [1.29, 1.82) is 0 Å². The first kappa shape index (κ1) is 12.0. The van der Waals surface area contributed by atoms with Gasteiger partial charge in [0.25, 0.3) is 0 Å². The predicted molar refractivity (Wildman–Crippen MR) is 65.9 cm³/mol. The Labute approximate surface area is 107 Å². The van der Waals surface area contributed by atoms with E-state index in [1.54, 1.807) is 0 Å². The van der Waals surface area contributed by atoms with Gasteiger partial charge in [0, 0.05) is 19.5 Å². The van der Waals surface area contributed by atoms with Crippen LogP contribution in [0.15, 0.2) is 0 Å². The first-order chi connectivity index (χ1) is 8.65. The summed E-state index contributed by atoms with van der Waals surface area (Å²) >= 11 is 0. The van der Waals surface area contributed by atoms with E-state index in [1.807, 2.05) is 4.90 Å². The Morgan fingerprint density at radius 3 is 2.33 bits per heavy atom. The van der Waals surface area contributed by atoms with E-state index in [4.69, 9.17) is 5.11 Å². The van der Waals surface area contributed by atoms with Gasteiger partial charge in [-0.1, -0.05) is 0 Å². The molecule has 1 atom stereocenters. The molecule has 0 spiro atoms. The van der Waals surface area contributed by atoms with Crippen molar-refractivity contribution in [2.45, 2.75) is 38.5 Å². The summed E-state index contributed by atoms with van der Waals surface area (Å²) in [4.78, 5) is 24.8. The smallest absolute Gasteiger partial charge is 0.308 e. The number of carbonyl (C=O) groups excluding carboxylic acids is 1. The Hall–Kier alpha value is -1.06. The van der Waals surface area contributed by atoms with Gasteiger partial charge in [-0.3, -0.25) is 9.59 Å². The van der Waals surface area contributed by atoms with Gasteiger partial charge in [-0.15, -0.1) is 0 Å². The summed E-state index contributed by atoms with van der Waals surface area (Å²) in [5.41, 5.74) is 0. The van der Waals surface area contributed by atoms with Crippen LogP contribution in [0.1, 0.15) is 38.5 Å². The quantitative estimate of drug-likeness (QED) is 0.809. The Bertz CT molecular complexity index is 348. The van der Waals surface area contributed by atoms with Gasteiger partial charge in [-0.05, 0) is 49.9 Å². The van der Waals surface area contributed by atoms with E-state index in [2.05, 4.69) is 0 Å². The third kappa shape index (κ3) is 2.52. The van der Waals surface area contributed by atoms with Crippen LogP contribution in [0.4, 0.5) is 0 Å². The maximum atomic E-state index is 11.9. The molecule has 1 aliphatic heterocycles. The molecule has 18 heavy (non-hydrogen) atoms. The number of amides is 1. The third-order valence-electron chi connectivity index (χ3n) is 4.74. The minimum atomic E-state index is -0.748. The molecule has 0 aromatic heterocycles. The highest BCUT2D eigenvalue weighted by atomic mass is 16.4. The van der Waals surface area contributed by atoms with Crippen LogP contribution in [-0.2, 0) is 9.59 Å². The lowest BCUT2D eigenvalue weighted by atomic mass is 9.93. The molecule has 1 N–H and O–H groups in total. The summed E-state index contributed by atoms with van der Waals surface area (Å²) < 4.78 is 0. The first-order valence-electron chi connectivity index (χ1n) is 7.15. The van der Waals surface area contributed by atoms with Crippen LogP contribution in [0, 0.1) is 23.7 Å². The highest BCUT2D eigenvalue weighted by Gasteiger charge is 2.43. The highest BCUT2D eigenvalue weighted by Crippen LogP contribution is 2.49. The van der Waals surface area contributed by atoms with E-state index in [0.717, 1.165) is 18.4 Å². The lowest BCUT2D eigenvalue weighted by molar-refractivity contribution is -0.147. The van der Waals surface area contributed by atoms with Gasteiger partial charge in [-0.2, -0.15) is 0 Å². The number of nitrogens with zero attached hydrogens (tertiary/aromatic N) is 1. The Morgan fingerprint density at radius 1 is 1.22 bits per heavy atom. The minimum Gasteiger partial charge on any atom is -0.481 e. The number of likely N-dealkylation sites (tertiary alicyclic amines) is 1. The summed E-state index contributed by atoms with van der Waals surface area (Å²) in [5, 5.41) is 9.08. The molecule has 0 aromatic carbocycles. The number of carboxylic acids is 1. The van der Waals surface area contributed by atoms with Gasteiger partial charge in [0.1, 0.15) is 0 Å². The zero-order valence-corrected chi connectivity index (χ0v) is 10.7. The van der Waals surface area contributed by atoms with Gasteiger partial charge in [-0.25, -0.2) is 0 Å². The van der Waals surface area contributed by atoms with Crippen LogP contribution >= 0.6 is 0 Å². The Morgan fingerprint density at radius 2 is 1.83 bits per heavy atom. The van der Waals surface area contributed by atoms with Crippen LogP contribution in [0.2, 0.25) is 0 Å². The molecule has 3 rings (SSSR count). The largest absolute Gasteiger partial charge is 0.481 e. The van der Waals surface area contributed by atoms with Crippen LogP contribution in [-0.4, -0.2) is 35.0 Å². The number of aliphatic carboxylic acids is 1. The second-order valence-electron chi connectivity index (χ2n) is 6.21. The maximum absolute atomic E-state index is 11.9. The van der Waals surface area contributed by atoms with Crippen molar-refractivity contribution >= 4 is 11.9 Å². The van der Waals surface area contributed by atoms with Gasteiger partial charge in [0.15, 0.2) is 0 Å². The molecule has 4 heteroatoms. The summed E-state index contributed by atoms with van der Waals surface area (Å²) in [6.45, 7) is 1.25. The first-order valence-corrected chi connectivity index (χ1v) is 7.15. The summed E-state index contributed by atoms with van der Waals surface area (Å²) in [7, 11) is 0. The van der Waals surface area contributed by atoms with E-state index < -0.39 is 5.97 Å². The standard InChI is InChI=1S/C14H21NO3/c16-13-6-5-11(14(17)18)7-15(13)8-12(9-1-2-9)10-3-4-10/h9-12H,1-8H2,(H,17,18). The monoisotopic (exact) mass is 251 g/mol. The molecule has 100 valence electrons. The Balaban J connectivity index is 1.62. The van der Waals surface area contributed by atoms with Crippen molar-refractivity contribution in [3.63, 3.8) is 0 Å². The average Bonchev–Trinajstić information content (AvgIpc) is 3.20. The minimum absolute atomic E-state index is 0.166. The van der Waals surface area contributed by atoms with Crippen molar-refractivity contribution in [2.24, 2.45) is 23.7 Å². The van der Waals surface area contributed by atoms with Gasteiger partial charge >= 0.3 is 5.97 Å². The molecule has 0 aromatic rings. The van der Waals surface area contributed by atoms with E-state index in [0.29, 0.717) is 25.3 Å². The van der Waals surface area contributed by atoms with Gasteiger partial charge in [0.05, 0.1) is 5.92 Å². The second-order valence-corrected chi connectivity index (χ2v) is 6.21. The molecular weight excluding hydrogens is 230 g/mol. The van der Waals surface area contributed by atoms with Crippen LogP contribution in [0.3, 0.4) is 0 Å². The van der Waals surface area contributed by atoms with E-state index in [-0.39, 0.29) is 11.8 Å². The molecule has 1 unspecified atom stereocenters. The SMILES string of the molecule is O=C(O)C1CCC(=O)N(CC(C2CC2)C2CC2)C1. The third-order valence-corrected chi connectivity index (χ3v) is 4.74. The van der Waals surface area contributed by atoms with Crippen LogP contribution < -0.4 is 0 Å². The molecular formula is C14H21NO3. The zero-order valence-electron chi connectivity index (χ0n) is 10.7. The van der Waals surface area contributed by atoms with Gasteiger partial charge < -0.3 is 10.0 Å². The lowest BCUT2D eigenvalue weighted by Gasteiger charge is -2.33. The molecule has 1 amide bonds. The number of piperidine rings is 1. The molecule has 3 fully saturated rings. The van der Waals surface area contributed by atoms with Crippen molar-refractivity contribution in [1.82, 2.24) is 4.90 Å². The summed E-state index contributed by atoms with van der Waals surface area (Å²) in [6, 6.07) is 0. The van der Waals surface area contributed by atoms with E-state index in [9.17, 15) is 9.59 Å². The molecule has 2 saturated carbocycles. The number of hydrogen-bond acceptors (Lipinski definition) is 2. The molecule has 1 heterocycles. The molecule has 3 aliphatic rings. The van der Waals surface area contributed by atoms with Crippen LogP contribution in [0.25, 0.3) is 0 Å². The topological polar surface area (TPSA) is 57.6 Å².